The fourth-order valence-electron chi connectivity index (χ4n) is 5.87. The van der Waals surface area contributed by atoms with Crippen LogP contribution in [0.15, 0.2) is 30.3 Å². The van der Waals surface area contributed by atoms with Crippen molar-refractivity contribution in [2.45, 2.75) is 68.9 Å². The first-order chi connectivity index (χ1) is 13.9. The third-order valence-electron chi connectivity index (χ3n) is 7.81. The second-order valence-electron chi connectivity index (χ2n) is 9.50. The summed E-state index contributed by atoms with van der Waals surface area (Å²) in [4.78, 5) is 18.2. The normalized spacial score (nSPS) is 34.2. The fraction of sp³-hybridized carbons (Fsp3) is 0.696. The van der Waals surface area contributed by atoms with Crippen LogP contribution in [-0.2, 0) is 10.3 Å². The SMILES string of the molecule is CC(=O)N1CCC(N2C[C@]3(CC[C@](c4ccccc4)(N(C)C)CC3)NC2O)CC1. The summed E-state index contributed by atoms with van der Waals surface area (Å²) >= 11 is 0. The number of hydrogen-bond donors (Lipinski definition) is 2. The molecule has 6 nitrogen and oxygen atoms in total. The molecule has 2 saturated heterocycles. The van der Waals surface area contributed by atoms with Crippen LogP contribution in [0.25, 0.3) is 0 Å². The van der Waals surface area contributed by atoms with Crippen molar-refractivity contribution in [1.82, 2.24) is 20.0 Å². The van der Waals surface area contributed by atoms with Gasteiger partial charge in [0, 0.05) is 43.7 Å². The van der Waals surface area contributed by atoms with E-state index in [4.69, 9.17) is 0 Å². The first-order valence-electron chi connectivity index (χ1n) is 11.1. The van der Waals surface area contributed by atoms with Gasteiger partial charge in [0.25, 0.3) is 0 Å². The second kappa shape index (κ2) is 7.99. The van der Waals surface area contributed by atoms with E-state index >= 15 is 0 Å². The Kier molecular flexibility index (Phi) is 5.73. The average molecular weight is 401 g/mol. The minimum atomic E-state index is -0.576. The molecule has 2 aliphatic heterocycles. The van der Waals surface area contributed by atoms with E-state index in [0.29, 0.717) is 6.04 Å². The van der Waals surface area contributed by atoms with Gasteiger partial charge >= 0.3 is 0 Å². The van der Waals surface area contributed by atoms with E-state index in [1.165, 1.54) is 5.56 Å². The van der Waals surface area contributed by atoms with Crippen molar-refractivity contribution in [3.05, 3.63) is 35.9 Å². The van der Waals surface area contributed by atoms with Crippen LogP contribution >= 0.6 is 0 Å². The van der Waals surface area contributed by atoms with Crippen LogP contribution in [0, 0.1) is 0 Å². The molecule has 2 heterocycles. The highest BCUT2D eigenvalue weighted by atomic mass is 16.3. The van der Waals surface area contributed by atoms with Gasteiger partial charge in [-0.2, -0.15) is 0 Å². The number of amides is 1. The summed E-state index contributed by atoms with van der Waals surface area (Å²) in [6.45, 7) is 4.15. The van der Waals surface area contributed by atoms with E-state index in [0.717, 1.165) is 58.2 Å². The number of aliphatic hydroxyl groups excluding tert-OH is 1. The van der Waals surface area contributed by atoms with E-state index in [1.54, 1.807) is 6.92 Å². The van der Waals surface area contributed by atoms with Gasteiger partial charge in [-0.15, -0.1) is 0 Å². The molecule has 1 amide bonds. The maximum absolute atomic E-state index is 11.6. The number of hydrogen-bond acceptors (Lipinski definition) is 5. The zero-order chi connectivity index (χ0) is 20.6. The summed E-state index contributed by atoms with van der Waals surface area (Å²) in [5, 5.41) is 14.4. The number of rotatable bonds is 3. The Hall–Kier alpha value is -1.47. The smallest absolute Gasteiger partial charge is 0.219 e. The Morgan fingerprint density at radius 3 is 2.28 bits per heavy atom. The molecule has 3 fully saturated rings. The highest BCUT2D eigenvalue weighted by Crippen LogP contribution is 2.46. The highest BCUT2D eigenvalue weighted by molar-refractivity contribution is 5.73. The molecule has 3 aliphatic rings. The molecule has 1 unspecified atom stereocenters. The molecule has 1 saturated carbocycles. The minimum Gasteiger partial charge on any atom is -0.365 e. The van der Waals surface area contributed by atoms with Gasteiger partial charge in [0.1, 0.15) is 0 Å². The van der Waals surface area contributed by atoms with E-state index < -0.39 is 6.35 Å². The Morgan fingerprint density at radius 1 is 1.10 bits per heavy atom. The van der Waals surface area contributed by atoms with E-state index in [1.807, 2.05) is 4.90 Å². The molecule has 4 rings (SSSR count). The molecule has 29 heavy (non-hydrogen) atoms. The first kappa shape index (κ1) is 20.8. The maximum Gasteiger partial charge on any atom is 0.219 e. The van der Waals surface area contributed by atoms with Gasteiger partial charge in [-0.3, -0.25) is 19.9 Å². The number of carbonyl (C=O) groups excluding carboxylic acids is 1. The van der Waals surface area contributed by atoms with Crippen molar-refractivity contribution >= 4 is 5.91 Å². The van der Waals surface area contributed by atoms with E-state index in [9.17, 15) is 9.90 Å². The number of nitrogens with one attached hydrogen (secondary N) is 1. The first-order valence-corrected chi connectivity index (χ1v) is 11.1. The van der Waals surface area contributed by atoms with Crippen LogP contribution in [0.4, 0.5) is 0 Å². The molecule has 1 spiro atoms. The summed E-state index contributed by atoms with van der Waals surface area (Å²) in [5.74, 6) is 0.160. The minimum absolute atomic E-state index is 0.00851. The van der Waals surface area contributed by atoms with Crippen molar-refractivity contribution < 1.29 is 9.90 Å². The lowest BCUT2D eigenvalue weighted by molar-refractivity contribution is -0.130. The van der Waals surface area contributed by atoms with Gasteiger partial charge < -0.3 is 10.0 Å². The fourth-order valence-corrected chi connectivity index (χ4v) is 5.87. The monoisotopic (exact) mass is 400 g/mol. The number of piperidine rings is 1. The van der Waals surface area contributed by atoms with Gasteiger partial charge in [0.05, 0.1) is 0 Å². The highest BCUT2D eigenvalue weighted by Gasteiger charge is 2.51. The zero-order valence-electron chi connectivity index (χ0n) is 18.1. The van der Waals surface area contributed by atoms with Crippen molar-refractivity contribution in [3.63, 3.8) is 0 Å². The Bertz CT molecular complexity index is 707. The lowest BCUT2D eigenvalue weighted by Gasteiger charge is -2.49. The van der Waals surface area contributed by atoms with Gasteiger partial charge in [0.2, 0.25) is 5.91 Å². The molecule has 160 valence electrons. The van der Waals surface area contributed by atoms with Crippen LogP contribution in [0.1, 0.15) is 51.0 Å². The van der Waals surface area contributed by atoms with E-state index in [2.05, 4.69) is 59.5 Å². The third-order valence-corrected chi connectivity index (χ3v) is 7.81. The van der Waals surface area contributed by atoms with Crippen molar-refractivity contribution in [3.8, 4) is 0 Å². The summed E-state index contributed by atoms with van der Waals surface area (Å²) in [6, 6.07) is 11.2. The average Bonchev–Trinajstić information content (AvgIpc) is 3.05. The number of likely N-dealkylation sites (tertiary alicyclic amines) is 1. The summed E-state index contributed by atoms with van der Waals surface area (Å²) in [6.07, 6.45) is 5.59. The zero-order valence-corrected chi connectivity index (χ0v) is 18.1. The van der Waals surface area contributed by atoms with Crippen LogP contribution in [0.5, 0.6) is 0 Å². The molecule has 1 aliphatic carbocycles. The van der Waals surface area contributed by atoms with Crippen molar-refractivity contribution in [2.24, 2.45) is 0 Å². The molecular weight excluding hydrogens is 364 g/mol. The molecule has 0 aromatic heterocycles. The van der Waals surface area contributed by atoms with Gasteiger partial charge in [-0.1, -0.05) is 30.3 Å². The van der Waals surface area contributed by atoms with Crippen LogP contribution in [-0.4, -0.2) is 77.4 Å². The standard InChI is InChI=1S/C23H36N4O2/c1-18(28)26-15-9-20(10-16-26)27-17-22(24-21(27)29)11-13-23(14-12-22,25(2)3)19-7-5-4-6-8-19/h4-8,20-21,24,29H,9-17H2,1-3H3/t21?,22-,23+. The quantitative estimate of drug-likeness (QED) is 0.812. The number of aliphatic hydroxyl groups is 1. The molecule has 0 bridgehead atoms. The maximum atomic E-state index is 11.6. The number of benzene rings is 1. The summed E-state index contributed by atoms with van der Waals surface area (Å²) < 4.78 is 0. The van der Waals surface area contributed by atoms with Crippen LogP contribution in [0.3, 0.4) is 0 Å². The summed E-state index contributed by atoms with van der Waals surface area (Å²) in [5.41, 5.74) is 1.46. The van der Waals surface area contributed by atoms with Crippen molar-refractivity contribution in [1.29, 1.82) is 0 Å². The number of nitrogens with zero attached hydrogens (tertiary/aromatic N) is 3. The molecule has 6 heteroatoms. The molecular formula is C23H36N4O2. The predicted octanol–water partition coefficient (Wildman–Crippen LogP) is 1.95. The molecule has 1 aromatic carbocycles. The van der Waals surface area contributed by atoms with Gasteiger partial charge in [0.15, 0.2) is 6.35 Å². The Morgan fingerprint density at radius 2 is 1.72 bits per heavy atom. The molecule has 2 N–H and O–H groups in total. The van der Waals surface area contributed by atoms with Crippen LogP contribution in [0.2, 0.25) is 0 Å². The molecule has 1 aromatic rings. The van der Waals surface area contributed by atoms with Gasteiger partial charge in [-0.25, -0.2) is 0 Å². The third kappa shape index (κ3) is 3.83. The molecule has 0 radical (unpaired) electrons. The van der Waals surface area contributed by atoms with Gasteiger partial charge in [-0.05, 0) is 58.2 Å². The van der Waals surface area contributed by atoms with Crippen molar-refractivity contribution in [2.75, 3.05) is 33.7 Å². The van der Waals surface area contributed by atoms with Crippen LogP contribution < -0.4 is 5.32 Å². The molecule has 1 atom stereocenters. The second-order valence-corrected chi connectivity index (χ2v) is 9.50. The Balaban J connectivity index is 1.43. The lowest BCUT2D eigenvalue weighted by atomic mass is 9.69. The lowest BCUT2D eigenvalue weighted by Crippen LogP contribution is -2.54. The topological polar surface area (TPSA) is 59.1 Å². The number of carbonyl (C=O) groups is 1. The summed E-state index contributed by atoms with van der Waals surface area (Å²) in [7, 11) is 4.38. The largest absolute Gasteiger partial charge is 0.365 e. The predicted molar refractivity (Wildman–Crippen MR) is 114 cm³/mol. The van der Waals surface area contributed by atoms with E-state index in [-0.39, 0.29) is 17.0 Å². The Labute approximate surface area is 174 Å².